The van der Waals surface area contributed by atoms with Crippen molar-refractivity contribution < 1.29 is 13.9 Å². The van der Waals surface area contributed by atoms with E-state index in [0.29, 0.717) is 23.7 Å². The maximum Gasteiger partial charge on any atom is 0.136 e. The third-order valence-corrected chi connectivity index (χ3v) is 3.64. The highest BCUT2D eigenvalue weighted by molar-refractivity contribution is 5.82. The minimum absolute atomic E-state index is 0.281. The lowest BCUT2D eigenvalue weighted by Crippen LogP contribution is -2.04. The van der Waals surface area contributed by atoms with Crippen LogP contribution in [-0.2, 0) is 0 Å². The molecule has 3 heteroatoms. The zero-order valence-electron chi connectivity index (χ0n) is 11.7. The molecule has 1 heterocycles. The molecule has 0 aliphatic carbocycles. The average molecular weight is 264 g/mol. The van der Waals surface area contributed by atoms with Crippen LogP contribution in [0.3, 0.4) is 0 Å². The number of furan rings is 1. The van der Waals surface area contributed by atoms with Crippen LogP contribution in [0.15, 0.2) is 22.6 Å². The molecule has 0 amide bonds. The van der Waals surface area contributed by atoms with Crippen molar-refractivity contribution in [2.24, 2.45) is 5.92 Å². The number of benzene rings is 1. The molecule has 2 atom stereocenters. The summed E-state index contributed by atoms with van der Waals surface area (Å²) in [5.41, 5.74) is 1.47. The van der Waals surface area contributed by atoms with Crippen LogP contribution in [0.2, 0.25) is 0 Å². The van der Waals surface area contributed by atoms with E-state index < -0.39 is 6.10 Å². The Morgan fingerprint density at radius 3 is 2.79 bits per heavy atom. The van der Waals surface area contributed by atoms with Crippen molar-refractivity contribution in [3.8, 4) is 0 Å². The van der Waals surface area contributed by atoms with Gasteiger partial charge in [-0.3, -0.25) is 0 Å². The predicted octanol–water partition coefficient (Wildman–Crippen LogP) is 4.74. The van der Waals surface area contributed by atoms with Crippen molar-refractivity contribution >= 4 is 11.0 Å². The summed E-state index contributed by atoms with van der Waals surface area (Å²) < 4.78 is 18.9. The lowest BCUT2D eigenvalue weighted by atomic mass is 9.96. The maximum atomic E-state index is 13.2. The van der Waals surface area contributed by atoms with Crippen molar-refractivity contribution in [1.29, 1.82) is 0 Å². The molecule has 0 fully saturated rings. The molecule has 0 aliphatic rings. The zero-order valence-corrected chi connectivity index (χ0v) is 11.7. The Hall–Kier alpha value is -1.35. The Balaban J connectivity index is 2.27. The van der Waals surface area contributed by atoms with Gasteiger partial charge in [0.25, 0.3) is 0 Å². The third-order valence-electron chi connectivity index (χ3n) is 3.64. The summed E-state index contributed by atoms with van der Waals surface area (Å²) in [6, 6.07) is 4.45. The molecule has 0 radical (unpaired) electrons. The van der Waals surface area contributed by atoms with E-state index in [1.165, 1.54) is 12.1 Å². The van der Waals surface area contributed by atoms with Gasteiger partial charge < -0.3 is 9.52 Å². The second-order valence-corrected chi connectivity index (χ2v) is 5.38. The lowest BCUT2D eigenvalue weighted by Gasteiger charge is -2.14. The van der Waals surface area contributed by atoms with Gasteiger partial charge in [-0.25, -0.2) is 4.39 Å². The van der Waals surface area contributed by atoms with Gasteiger partial charge in [-0.05, 0) is 37.5 Å². The SMILES string of the molecule is CCCC(C)CC(O)c1oc2ccc(F)cc2c1C. The van der Waals surface area contributed by atoms with Crippen LogP contribution < -0.4 is 0 Å². The number of aliphatic hydroxyl groups excluding tert-OH is 1. The number of hydrogen-bond acceptors (Lipinski definition) is 2. The van der Waals surface area contributed by atoms with Crippen LogP contribution in [0, 0.1) is 18.7 Å². The first-order valence-electron chi connectivity index (χ1n) is 6.89. The maximum absolute atomic E-state index is 13.2. The lowest BCUT2D eigenvalue weighted by molar-refractivity contribution is 0.122. The van der Waals surface area contributed by atoms with Crippen LogP contribution in [0.1, 0.15) is 50.5 Å². The first-order chi connectivity index (χ1) is 9.02. The summed E-state index contributed by atoms with van der Waals surface area (Å²) >= 11 is 0. The molecular formula is C16H21FO2. The molecule has 2 aromatic rings. The minimum atomic E-state index is -0.614. The fourth-order valence-electron chi connectivity index (χ4n) is 2.63. The Kier molecular flexibility index (Phi) is 4.25. The molecule has 0 saturated carbocycles. The van der Waals surface area contributed by atoms with Crippen molar-refractivity contribution in [3.05, 3.63) is 35.3 Å². The van der Waals surface area contributed by atoms with Crippen LogP contribution >= 0.6 is 0 Å². The highest BCUT2D eigenvalue weighted by Crippen LogP contribution is 2.33. The number of halogens is 1. The van der Waals surface area contributed by atoms with Crippen LogP contribution in [0.25, 0.3) is 11.0 Å². The molecule has 1 aromatic heterocycles. The Bertz CT molecular complexity index is 559. The smallest absolute Gasteiger partial charge is 0.136 e. The van der Waals surface area contributed by atoms with Gasteiger partial charge in [0.1, 0.15) is 23.3 Å². The van der Waals surface area contributed by atoms with E-state index in [-0.39, 0.29) is 5.82 Å². The summed E-state index contributed by atoms with van der Waals surface area (Å²) in [7, 11) is 0. The van der Waals surface area contributed by atoms with Gasteiger partial charge in [-0.2, -0.15) is 0 Å². The van der Waals surface area contributed by atoms with Gasteiger partial charge in [-0.1, -0.05) is 26.7 Å². The van der Waals surface area contributed by atoms with E-state index in [0.717, 1.165) is 23.8 Å². The van der Waals surface area contributed by atoms with Gasteiger partial charge >= 0.3 is 0 Å². The molecule has 1 aromatic carbocycles. The molecule has 2 unspecified atom stereocenters. The van der Waals surface area contributed by atoms with E-state index in [1.807, 2.05) is 6.92 Å². The van der Waals surface area contributed by atoms with Crippen molar-refractivity contribution in [1.82, 2.24) is 0 Å². The van der Waals surface area contributed by atoms with Crippen LogP contribution in [0.5, 0.6) is 0 Å². The summed E-state index contributed by atoms with van der Waals surface area (Å²) in [4.78, 5) is 0. The molecule has 1 N–H and O–H groups in total. The van der Waals surface area contributed by atoms with Gasteiger partial charge in [0.2, 0.25) is 0 Å². The molecular weight excluding hydrogens is 243 g/mol. The van der Waals surface area contributed by atoms with Gasteiger partial charge in [0.15, 0.2) is 0 Å². The molecule has 0 saturated heterocycles. The topological polar surface area (TPSA) is 33.4 Å². The summed E-state index contributed by atoms with van der Waals surface area (Å²) in [5, 5.41) is 11.0. The van der Waals surface area contributed by atoms with Crippen LogP contribution in [-0.4, -0.2) is 5.11 Å². The predicted molar refractivity (Wildman–Crippen MR) is 74.6 cm³/mol. The number of hydrogen-bond donors (Lipinski definition) is 1. The standard InChI is InChI=1S/C16H21FO2/c1-4-5-10(2)8-14(18)16-11(3)13-9-12(17)6-7-15(13)19-16/h6-7,9-10,14,18H,4-5,8H2,1-3H3. The first-order valence-corrected chi connectivity index (χ1v) is 6.89. The number of rotatable bonds is 5. The van der Waals surface area contributed by atoms with E-state index in [4.69, 9.17) is 4.42 Å². The monoisotopic (exact) mass is 264 g/mol. The number of aryl methyl sites for hydroxylation is 1. The van der Waals surface area contributed by atoms with Crippen molar-refractivity contribution in [2.75, 3.05) is 0 Å². The summed E-state index contributed by atoms with van der Waals surface area (Å²) in [6.45, 7) is 6.14. The molecule has 0 bridgehead atoms. The van der Waals surface area contributed by atoms with Gasteiger partial charge in [-0.15, -0.1) is 0 Å². The Labute approximate surface area is 113 Å². The Morgan fingerprint density at radius 1 is 1.37 bits per heavy atom. The third kappa shape index (κ3) is 2.98. The molecule has 0 aliphatic heterocycles. The highest BCUT2D eigenvalue weighted by Gasteiger charge is 2.20. The van der Waals surface area contributed by atoms with E-state index in [9.17, 15) is 9.50 Å². The van der Waals surface area contributed by atoms with Crippen LogP contribution in [0.4, 0.5) is 4.39 Å². The molecule has 2 nitrogen and oxygen atoms in total. The fourth-order valence-corrected chi connectivity index (χ4v) is 2.63. The molecule has 19 heavy (non-hydrogen) atoms. The van der Waals surface area contributed by atoms with Crippen molar-refractivity contribution in [3.63, 3.8) is 0 Å². The summed E-state index contributed by atoms with van der Waals surface area (Å²) in [5.74, 6) is 0.740. The number of aliphatic hydroxyl groups is 1. The summed E-state index contributed by atoms with van der Waals surface area (Å²) in [6.07, 6.45) is 2.26. The van der Waals surface area contributed by atoms with Crippen molar-refractivity contribution in [2.45, 2.75) is 46.1 Å². The second kappa shape index (κ2) is 5.74. The first kappa shape index (κ1) is 14.1. The highest BCUT2D eigenvalue weighted by atomic mass is 19.1. The molecule has 0 spiro atoms. The normalized spacial score (nSPS) is 14.8. The van der Waals surface area contributed by atoms with Gasteiger partial charge in [0.05, 0.1) is 0 Å². The Morgan fingerprint density at radius 2 is 2.11 bits per heavy atom. The largest absolute Gasteiger partial charge is 0.458 e. The van der Waals surface area contributed by atoms with E-state index in [1.54, 1.807) is 6.07 Å². The second-order valence-electron chi connectivity index (χ2n) is 5.38. The molecule has 2 rings (SSSR count). The van der Waals surface area contributed by atoms with E-state index >= 15 is 0 Å². The van der Waals surface area contributed by atoms with Gasteiger partial charge in [0, 0.05) is 10.9 Å². The molecule has 104 valence electrons. The quantitative estimate of drug-likeness (QED) is 0.846. The fraction of sp³-hybridized carbons (Fsp3) is 0.500. The number of fused-ring (bicyclic) bond motifs is 1. The zero-order chi connectivity index (χ0) is 14.0. The average Bonchev–Trinajstić information content (AvgIpc) is 2.67. The minimum Gasteiger partial charge on any atom is -0.458 e. The van der Waals surface area contributed by atoms with E-state index in [2.05, 4.69) is 13.8 Å².